The van der Waals surface area contributed by atoms with Crippen molar-refractivity contribution in [1.82, 2.24) is 15.3 Å². The first-order valence-electron chi connectivity index (χ1n) is 6.75. The van der Waals surface area contributed by atoms with E-state index in [1.54, 1.807) is 24.4 Å². The average Bonchev–Trinajstić information content (AvgIpc) is 2.47. The number of hydrogen-bond acceptors (Lipinski definition) is 4. The molecule has 0 saturated heterocycles. The molecule has 6 heteroatoms. The molecule has 0 saturated carbocycles. The Morgan fingerprint density at radius 3 is 2.90 bits per heavy atom. The summed E-state index contributed by atoms with van der Waals surface area (Å²) < 4.78 is 0. The Morgan fingerprint density at radius 1 is 1.38 bits per heavy atom. The summed E-state index contributed by atoms with van der Waals surface area (Å²) in [5.74, 6) is 0.148. The van der Waals surface area contributed by atoms with E-state index in [0.717, 1.165) is 12.1 Å². The van der Waals surface area contributed by atoms with E-state index < -0.39 is 0 Å². The predicted octanol–water partition coefficient (Wildman–Crippen LogP) is 3.40. The molecule has 1 aromatic carbocycles. The fraction of sp³-hybridized carbons (Fsp3) is 0.267. The van der Waals surface area contributed by atoms with Crippen LogP contribution in [0.1, 0.15) is 30.8 Å². The van der Waals surface area contributed by atoms with E-state index in [9.17, 15) is 4.79 Å². The molecule has 110 valence electrons. The molecule has 0 spiro atoms. The number of hydrogen-bond donors (Lipinski definition) is 2. The first-order chi connectivity index (χ1) is 10.1. The van der Waals surface area contributed by atoms with Gasteiger partial charge in [-0.2, -0.15) is 0 Å². The lowest BCUT2D eigenvalue weighted by atomic mass is 10.2. The van der Waals surface area contributed by atoms with E-state index in [1.807, 2.05) is 26.0 Å². The van der Waals surface area contributed by atoms with Crippen LogP contribution < -0.4 is 10.6 Å². The molecule has 1 unspecified atom stereocenters. The quantitative estimate of drug-likeness (QED) is 0.888. The van der Waals surface area contributed by atoms with Crippen molar-refractivity contribution in [3.05, 3.63) is 47.2 Å². The second-order valence-electron chi connectivity index (χ2n) is 4.68. The van der Waals surface area contributed by atoms with Crippen LogP contribution in [0, 0.1) is 0 Å². The van der Waals surface area contributed by atoms with Crippen LogP contribution in [0.5, 0.6) is 0 Å². The normalized spacial score (nSPS) is 11.8. The third-order valence-corrected chi connectivity index (χ3v) is 3.19. The minimum atomic E-state index is -0.208. The van der Waals surface area contributed by atoms with Gasteiger partial charge in [-0.05, 0) is 37.6 Å². The van der Waals surface area contributed by atoms with Crippen LogP contribution in [-0.4, -0.2) is 21.9 Å². The molecule has 1 atom stereocenters. The Labute approximate surface area is 128 Å². The zero-order valence-electron chi connectivity index (χ0n) is 11.9. The lowest BCUT2D eigenvalue weighted by Crippen LogP contribution is -2.32. The van der Waals surface area contributed by atoms with Gasteiger partial charge < -0.3 is 10.6 Å². The monoisotopic (exact) mass is 304 g/mol. The van der Waals surface area contributed by atoms with Crippen molar-refractivity contribution in [3.63, 3.8) is 0 Å². The summed E-state index contributed by atoms with van der Waals surface area (Å²) in [7, 11) is 0. The molecule has 1 aromatic heterocycles. The van der Waals surface area contributed by atoms with Gasteiger partial charge in [0.2, 0.25) is 5.95 Å². The minimum absolute atomic E-state index is 0.108. The average molecular weight is 305 g/mol. The second kappa shape index (κ2) is 7.04. The number of benzene rings is 1. The molecule has 0 fully saturated rings. The third-order valence-electron chi connectivity index (χ3n) is 2.96. The van der Waals surface area contributed by atoms with Crippen molar-refractivity contribution >= 4 is 29.1 Å². The standard InChI is InChI=1S/C15H17ClN4O/c1-3-10(2)18-14(21)13-7-8-17-15(20-13)19-12-6-4-5-11(16)9-12/h4-10H,3H2,1-2H3,(H,18,21)(H,17,19,20). The van der Waals surface area contributed by atoms with Gasteiger partial charge in [-0.25, -0.2) is 9.97 Å². The SMILES string of the molecule is CCC(C)NC(=O)c1ccnc(Nc2cccc(Cl)c2)n1. The number of aromatic nitrogens is 2. The largest absolute Gasteiger partial charge is 0.348 e. The highest BCUT2D eigenvalue weighted by atomic mass is 35.5. The Bertz CT molecular complexity index is 633. The zero-order chi connectivity index (χ0) is 15.2. The fourth-order valence-electron chi connectivity index (χ4n) is 1.64. The predicted molar refractivity (Wildman–Crippen MR) is 84.0 cm³/mol. The van der Waals surface area contributed by atoms with Crippen molar-refractivity contribution in [2.45, 2.75) is 26.3 Å². The molecule has 0 aliphatic carbocycles. The van der Waals surface area contributed by atoms with Gasteiger partial charge in [0.1, 0.15) is 5.69 Å². The molecule has 0 bridgehead atoms. The van der Waals surface area contributed by atoms with Gasteiger partial charge >= 0.3 is 0 Å². The van der Waals surface area contributed by atoms with Gasteiger partial charge in [0.05, 0.1) is 0 Å². The van der Waals surface area contributed by atoms with E-state index in [-0.39, 0.29) is 11.9 Å². The van der Waals surface area contributed by atoms with E-state index in [2.05, 4.69) is 20.6 Å². The van der Waals surface area contributed by atoms with E-state index in [1.165, 1.54) is 0 Å². The van der Waals surface area contributed by atoms with Crippen LogP contribution in [0.2, 0.25) is 5.02 Å². The zero-order valence-corrected chi connectivity index (χ0v) is 12.7. The molecule has 2 aromatic rings. The van der Waals surface area contributed by atoms with Crippen LogP contribution in [-0.2, 0) is 0 Å². The molecule has 1 amide bonds. The summed E-state index contributed by atoms with van der Waals surface area (Å²) in [5.41, 5.74) is 1.09. The van der Waals surface area contributed by atoms with Crippen LogP contribution in [0.25, 0.3) is 0 Å². The molecular formula is C15H17ClN4O. The topological polar surface area (TPSA) is 66.9 Å². The Kier molecular flexibility index (Phi) is 5.11. The lowest BCUT2D eigenvalue weighted by molar-refractivity contribution is 0.0934. The number of nitrogens with zero attached hydrogens (tertiary/aromatic N) is 2. The first-order valence-corrected chi connectivity index (χ1v) is 7.12. The summed E-state index contributed by atoms with van der Waals surface area (Å²) in [4.78, 5) is 20.3. The maximum Gasteiger partial charge on any atom is 0.270 e. The van der Waals surface area contributed by atoms with Crippen molar-refractivity contribution in [1.29, 1.82) is 0 Å². The van der Waals surface area contributed by atoms with Gasteiger partial charge in [-0.3, -0.25) is 4.79 Å². The first kappa shape index (κ1) is 15.3. The summed E-state index contributed by atoms with van der Waals surface area (Å²) in [6.45, 7) is 3.96. The molecule has 0 aliphatic heterocycles. The Hall–Kier alpha value is -2.14. The third kappa shape index (κ3) is 4.43. The van der Waals surface area contributed by atoms with Gasteiger partial charge in [0, 0.05) is 22.9 Å². The van der Waals surface area contributed by atoms with Gasteiger partial charge in [0.15, 0.2) is 0 Å². The molecule has 1 heterocycles. The van der Waals surface area contributed by atoms with Crippen molar-refractivity contribution in [2.75, 3.05) is 5.32 Å². The highest BCUT2D eigenvalue weighted by Gasteiger charge is 2.11. The summed E-state index contributed by atoms with van der Waals surface area (Å²) in [6, 6.07) is 8.91. The second-order valence-corrected chi connectivity index (χ2v) is 5.12. The van der Waals surface area contributed by atoms with Crippen molar-refractivity contribution in [3.8, 4) is 0 Å². The molecule has 2 N–H and O–H groups in total. The molecular weight excluding hydrogens is 288 g/mol. The number of carbonyl (C=O) groups is 1. The van der Waals surface area contributed by atoms with Crippen LogP contribution >= 0.6 is 11.6 Å². The number of halogens is 1. The molecule has 2 rings (SSSR count). The number of carbonyl (C=O) groups excluding carboxylic acids is 1. The maximum absolute atomic E-state index is 12.0. The maximum atomic E-state index is 12.0. The highest BCUT2D eigenvalue weighted by Crippen LogP contribution is 2.17. The van der Waals surface area contributed by atoms with Crippen LogP contribution in [0.3, 0.4) is 0 Å². The Morgan fingerprint density at radius 2 is 2.19 bits per heavy atom. The Balaban J connectivity index is 2.12. The molecule has 0 aliphatic rings. The van der Waals surface area contributed by atoms with Crippen LogP contribution in [0.4, 0.5) is 11.6 Å². The highest BCUT2D eigenvalue weighted by molar-refractivity contribution is 6.30. The van der Waals surface area contributed by atoms with Gasteiger partial charge in [-0.1, -0.05) is 24.6 Å². The number of anilines is 2. The summed E-state index contributed by atoms with van der Waals surface area (Å²) in [5, 5.41) is 6.50. The molecule has 0 radical (unpaired) electrons. The molecule has 21 heavy (non-hydrogen) atoms. The van der Waals surface area contributed by atoms with E-state index in [4.69, 9.17) is 11.6 Å². The summed E-state index contributed by atoms with van der Waals surface area (Å²) >= 11 is 5.92. The minimum Gasteiger partial charge on any atom is -0.348 e. The number of rotatable bonds is 5. The van der Waals surface area contributed by atoms with E-state index >= 15 is 0 Å². The summed E-state index contributed by atoms with van der Waals surface area (Å²) in [6.07, 6.45) is 2.41. The molecule has 5 nitrogen and oxygen atoms in total. The number of amides is 1. The van der Waals surface area contributed by atoms with Crippen LogP contribution in [0.15, 0.2) is 36.5 Å². The fourth-order valence-corrected chi connectivity index (χ4v) is 1.83. The van der Waals surface area contributed by atoms with Crippen molar-refractivity contribution in [2.24, 2.45) is 0 Å². The van der Waals surface area contributed by atoms with Gasteiger partial charge in [-0.15, -0.1) is 0 Å². The van der Waals surface area contributed by atoms with E-state index in [0.29, 0.717) is 16.7 Å². The smallest absolute Gasteiger partial charge is 0.270 e. The van der Waals surface area contributed by atoms with Gasteiger partial charge in [0.25, 0.3) is 5.91 Å². The lowest BCUT2D eigenvalue weighted by Gasteiger charge is -2.11. The van der Waals surface area contributed by atoms with Crippen molar-refractivity contribution < 1.29 is 4.79 Å². The number of nitrogens with one attached hydrogen (secondary N) is 2.